The van der Waals surface area contributed by atoms with Crippen molar-refractivity contribution in [3.8, 4) is 0 Å². The first-order valence-electron chi connectivity index (χ1n) is 7.90. The first-order chi connectivity index (χ1) is 11.7. The van der Waals surface area contributed by atoms with Crippen molar-refractivity contribution in [3.05, 3.63) is 22.0 Å². The van der Waals surface area contributed by atoms with Crippen molar-refractivity contribution in [2.75, 3.05) is 13.1 Å². The van der Waals surface area contributed by atoms with Gasteiger partial charge in [0.15, 0.2) is 5.65 Å². The van der Waals surface area contributed by atoms with Crippen LogP contribution in [0.3, 0.4) is 0 Å². The SMILES string of the molecule is CC(C)(C)OC(=O)N1CCC(n2c(=O)[nH]c3cnc(Cl)nc32)C(F)C1. The Morgan fingerprint density at radius 3 is 2.84 bits per heavy atom. The fourth-order valence-corrected chi connectivity index (χ4v) is 3.01. The summed E-state index contributed by atoms with van der Waals surface area (Å²) in [6.07, 6.45) is -0.363. The molecule has 0 radical (unpaired) electrons. The number of hydrogen-bond donors (Lipinski definition) is 1. The molecule has 1 fully saturated rings. The highest BCUT2D eigenvalue weighted by atomic mass is 35.5. The maximum Gasteiger partial charge on any atom is 0.410 e. The number of imidazole rings is 1. The number of halogens is 2. The van der Waals surface area contributed by atoms with E-state index in [4.69, 9.17) is 16.3 Å². The van der Waals surface area contributed by atoms with E-state index in [0.29, 0.717) is 5.52 Å². The van der Waals surface area contributed by atoms with Crippen LogP contribution in [0.1, 0.15) is 33.2 Å². The average Bonchev–Trinajstić information content (AvgIpc) is 2.81. The Morgan fingerprint density at radius 2 is 2.20 bits per heavy atom. The van der Waals surface area contributed by atoms with Gasteiger partial charge in [-0.05, 0) is 38.8 Å². The van der Waals surface area contributed by atoms with Crippen molar-refractivity contribution in [1.29, 1.82) is 0 Å². The van der Waals surface area contributed by atoms with Crippen LogP contribution in [0.4, 0.5) is 9.18 Å². The summed E-state index contributed by atoms with van der Waals surface area (Å²) in [5.41, 5.74) is -0.495. The van der Waals surface area contributed by atoms with Crippen LogP contribution in [0.5, 0.6) is 0 Å². The number of rotatable bonds is 1. The molecule has 1 amide bonds. The van der Waals surface area contributed by atoms with E-state index >= 15 is 0 Å². The lowest BCUT2D eigenvalue weighted by atomic mass is 10.0. The Balaban J connectivity index is 1.83. The number of nitrogens with one attached hydrogen (secondary N) is 1. The molecule has 3 heterocycles. The van der Waals surface area contributed by atoms with E-state index in [1.54, 1.807) is 20.8 Å². The number of aromatic nitrogens is 4. The average molecular weight is 372 g/mol. The van der Waals surface area contributed by atoms with Crippen molar-refractivity contribution in [3.63, 3.8) is 0 Å². The molecule has 0 aliphatic carbocycles. The Kier molecular flexibility index (Phi) is 4.44. The van der Waals surface area contributed by atoms with Gasteiger partial charge in [-0.3, -0.25) is 4.57 Å². The molecule has 2 atom stereocenters. The van der Waals surface area contributed by atoms with Gasteiger partial charge < -0.3 is 14.6 Å². The summed E-state index contributed by atoms with van der Waals surface area (Å²) in [5, 5.41) is -0.0261. The lowest BCUT2D eigenvalue weighted by molar-refractivity contribution is 0.00680. The number of likely N-dealkylation sites (tertiary alicyclic amines) is 1. The number of alkyl halides is 1. The predicted octanol–water partition coefficient (Wildman–Crippen LogP) is 2.29. The largest absolute Gasteiger partial charge is 0.444 e. The Bertz CT molecular complexity index is 859. The normalized spacial score (nSPS) is 21.6. The predicted molar refractivity (Wildman–Crippen MR) is 89.5 cm³/mol. The number of ether oxygens (including phenoxy) is 1. The highest BCUT2D eigenvalue weighted by Gasteiger charge is 2.36. The maximum atomic E-state index is 14.8. The molecule has 2 unspecified atom stereocenters. The van der Waals surface area contributed by atoms with Crippen LogP contribution in [-0.2, 0) is 4.74 Å². The number of hydrogen-bond acceptors (Lipinski definition) is 5. The van der Waals surface area contributed by atoms with Crippen molar-refractivity contribution in [2.45, 2.75) is 45.0 Å². The molecular weight excluding hydrogens is 353 g/mol. The second kappa shape index (κ2) is 6.29. The Labute approximate surface area is 147 Å². The topological polar surface area (TPSA) is 93.1 Å². The molecular formula is C15H19ClFN5O3. The van der Waals surface area contributed by atoms with Crippen LogP contribution in [0.25, 0.3) is 11.2 Å². The number of amides is 1. The highest BCUT2D eigenvalue weighted by Crippen LogP contribution is 2.28. The van der Waals surface area contributed by atoms with Crippen LogP contribution < -0.4 is 5.69 Å². The van der Waals surface area contributed by atoms with Gasteiger partial charge in [0.25, 0.3) is 0 Å². The molecule has 136 valence electrons. The molecule has 0 saturated carbocycles. The zero-order chi connectivity index (χ0) is 18.4. The lowest BCUT2D eigenvalue weighted by Crippen LogP contribution is -2.48. The molecule has 3 rings (SSSR count). The maximum absolute atomic E-state index is 14.8. The monoisotopic (exact) mass is 371 g/mol. The van der Waals surface area contributed by atoms with Gasteiger partial charge in [0.1, 0.15) is 17.3 Å². The van der Waals surface area contributed by atoms with Crippen LogP contribution in [0, 0.1) is 0 Å². The molecule has 2 aromatic heterocycles. The van der Waals surface area contributed by atoms with Gasteiger partial charge in [-0.1, -0.05) is 0 Å². The minimum Gasteiger partial charge on any atom is -0.444 e. The number of nitrogens with zero attached hydrogens (tertiary/aromatic N) is 4. The quantitative estimate of drug-likeness (QED) is 0.776. The molecule has 1 saturated heterocycles. The third-order valence-corrected chi connectivity index (χ3v) is 4.10. The number of piperidine rings is 1. The third-order valence-electron chi connectivity index (χ3n) is 3.92. The molecule has 0 aromatic carbocycles. The van der Waals surface area contributed by atoms with Gasteiger partial charge in [-0.2, -0.15) is 4.98 Å². The van der Waals surface area contributed by atoms with Gasteiger partial charge in [-0.25, -0.2) is 19.0 Å². The summed E-state index contributed by atoms with van der Waals surface area (Å²) in [4.78, 5) is 36.1. The Hall–Kier alpha value is -2.16. The van der Waals surface area contributed by atoms with Crippen LogP contribution in [0.15, 0.2) is 11.0 Å². The zero-order valence-corrected chi connectivity index (χ0v) is 14.9. The van der Waals surface area contributed by atoms with Crippen molar-refractivity contribution in [1.82, 2.24) is 24.4 Å². The van der Waals surface area contributed by atoms with E-state index in [-0.39, 0.29) is 30.4 Å². The van der Waals surface area contributed by atoms with Gasteiger partial charge in [0, 0.05) is 6.54 Å². The molecule has 0 spiro atoms. The summed E-state index contributed by atoms with van der Waals surface area (Å²) >= 11 is 5.79. The standard InChI is InChI=1S/C15H19ClFN5O3/c1-15(2,3)25-14(24)21-5-4-10(8(17)7-21)22-11-9(19-13(22)23)6-18-12(16)20-11/h6,8,10H,4-5,7H2,1-3H3,(H,19,23). The lowest BCUT2D eigenvalue weighted by Gasteiger charge is -2.35. The van der Waals surface area contributed by atoms with Crippen molar-refractivity contribution < 1.29 is 13.9 Å². The first kappa shape index (κ1) is 17.7. The van der Waals surface area contributed by atoms with Gasteiger partial charge >= 0.3 is 11.8 Å². The molecule has 10 heteroatoms. The van der Waals surface area contributed by atoms with Crippen molar-refractivity contribution >= 4 is 28.9 Å². The van der Waals surface area contributed by atoms with Crippen molar-refractivity contribution in [2.24, 2.45) is 0 Å². The van der Waals surface area contributed by atoms with E-state index in [1.807, 2.05) is 0 Å². The summed E-state index contributed by atoms with van der Waals surface area (Å²) in [7, 11) is 0. The number of carbonyl (C=O) groups excluding carboxylic acids is 1. The molecule has 8 nitrogen and oxygen atoms in total. The minimum atomic E-state index is -1.44. The first-order valence-corrected chi connectivity index (χ1v) is 8.28. The molecule has 1 aliphatic heterocycles. The van der Waals surface area contributed by atoms with Gasteiger partial charge in [0.2, 0.25) is 5.28 Å². The molecule has 2 aromatic rings. The third kappa shape index (κ3) is 3.60. The number of aromatic amines is 1. The van der Waals surface area contributed by atoms with E-state index in [0.717, 1.165) is 0 Å². The smallest absolute Gasteiger partial charge is 0.410 e. The zero-order valence-electron chi connectivity index (χ0n) is 14.1. The van der Waals surface area contributed by atoms with E-state index in [9.17, 15) is 14.0 Å². The number of H-pyrrole nitrogens is 1. The fraction of sp³-hybridized carbons (Fsp3) is 0.600. The molecule has 1 aliphatic rings. The highest BCUT2D eigenvalue weighted by molar-refractivity contribution is 6.28. The number of fused-ring (bicyclic) bond motifs is 1. The van der Waals surface area contributed by atoms with Crippen LogP contribution >= 0.6 is 11.6 Å². The molecule has 25 heavy (non-hydrogen) atoms. The van der Waals surface area contributed by atoms with Gasteiger partial charge in [-0.15, -0.1) is 0 Å². The fourth-order valence-electron chi connectivity index (χ4n) is 2.88. The summed E-state index contributed by atoms with van der Waals surface area (Å²) in [6.45, 7) is 5.37. The van der Waals surface area contributed by atoms with E-state index in [2.05, 4.69) is 15.0 Å². The summed E-state index contributed by atoms with van der Waals surface area (Å²) in [5.74, 6) is 0. The van der Waals surface area contributed by atoms with E-state index < -0.39 is 29.6 Å². The number of carbonyl (C=O) groups is 1. The van der Waals surface area contributed by atoms with Crippen LogP contribution in [-0.4, -0.2) is 55.4 Å². The van der Waals surface area contributed by atoms with Crippen LogP contribution in [0.2, 0.25) is 5.28 Å². The molecule has 1 N–H and O–H groups in total. The minimum absolute atomic E-state index is 0.0261. The Morgan fingerprint density at radius 1 is 1.48 bits per heavy atom. The summed E-state index contributed by atoms with van der Waals surface area (Å²) < 4.78 is 21.3. The second-order valence-electron chi connectivity index (χ2n) is 6.97. The second-order valence-corrected chi connectivity index (χ2v) is 7.31. The molecule has 0 bridgehead atoms. The van der Waals surface area contributed by atoms with E-state index in [1.165, 1.54) is 15.7 Å². The van der Waals surface area contributed by atoms with Gasteiger partial charge in [0.05, 0.1) is 18.8 Å². The summed E-state index contributed by atoms with van der Waals surface area (Å²) in [6, 6.07) is -0.745.